The second-order valence-electron chi connectivity index (χ2n) is 5.45. The van der Waals surface area contributed by atoms with Gasteiger partial charge in [-0.2, -0.15) is 18.2 Å². The lowest BCUT2D eigenvalue weighted by atomic mass is 10.1. The first-order chi connectivity index (χ1) is 10.8. The summed E-state index contributed by atoms with van der Waals surface area (Å²) in [5, 5.41) is 3.70. The van der Waals surface area contributed by atoms with Crippen molar-refractivity contribution in [2.45, 2.75) is 38.5 Å². The maximum atomic E-state index is 12.8. The van der Waals surface area contributed by atoms with Gasteiger partial charge in [0, 0.05) is 13.0 Å². The van der Waals surface area contributed by atoms with Gasteiger partial charge in [0.2, 0.25) is 11.8 Å². The minimum absolute atomic E-state index is 0.0782. The van der Waals surface area contributed by atoms with Gasteiger partial charge in [-0.3, -0.25) is 4.79 Å². The van der Waals surface area contributed by atoms with Crippen molar-refractivity contribution in [1.82, 2.24) is 15.0 Å². The minimum Gasteiger partial charge on any atom is -0.337 e. The molecule has 1 aliphatic rings. The van der Waals surface area contributed by atoms with Crippen LogP contribution >= 0.6 is 0 Å². The van der Waals surface area contributed by atoms with E-state index in [1.807, 2.05) is 0 Å². The number of halogens is 3. The SMILES string of the molecule is Cc1noc(C2CCC(=O)N2Cc2cccc(C(F)(F)F)c2)n1. The zero-order valence-electron chi connectivity index (χ0n) is 12.3. The van der Waals surface area contributed by atoms with Gasteiger partial charge >= 0.3 is 6.18 Å². The number of amides is 1. The first kappa shape index (κ1) is 15.5. The molecule has 0 radical (unpaired) electrons. The minimum atomic E-state index is -4.41. The largest absolute Gasteiger partial charge is 0.416 e. The van der Waals surface area contributed by atoms with Crippen LogP contribution < -0.4 is 0 Å². The number of benzene rings is 1. The number of carbonyl (C=O) groups is 1. The molecule has 8 heteroatoms. The predicted molar refractivity (Wildman–Crippen MR) is 73.0 cm³/mol. The van der Waals surface area contributed by atoms with E-state index in [0.29, 0.717) is 30.1 Å². The molecular formula is C15H14F3N3O2. The summed E-state index contributed by atoms with van der Waals surface area (Å²) in [6.45, 7) is 1.75. The Kier molecular flexibility index (Phi) is 3.83. The lowest BCUT2D eigenvalue weighted by Gasteiger charge is -2.22. The summed E-state index contributed by atoms with van der Waals surface area (Å²) >= 11 is 0. The fraction of sp³-hybridized carbons (Fsp3) is 0.400. The molecule has 1 fully saturated rings. The standard InChI is InChI=1S/C15H14F3N3O2/c1-9-19-14(23-20-9)12-5-6-13(22)21(12)8-10-3-2-4-11(7-10)15(16,17)18/h2-4,7,12H,5-6,8H2,1H3. The number of likely N-dealkylation sites (tertiary alicyclic amines) is 1. The first-order valence-corrected chi connectivity index (χ1v) is 7.10. The highest BCUT2D eigenvalue weighted by molar-refractivity contribution is 5.78. The van der Waals surface area contributed by atoms with Crippen molar-refractivity contribution in [3.8, 4) is 0 Å². The van der Waals surface area contributed by atoms with E-state index >= 15 is 0 Å². The monoisotopic (exact) mass is 325 g/mol. The van der Waals surface area contributed by atoms with Crippen molar-refractivity contribution in [1.29, 1.82) is 0 Å². The maximum absolute atomic E-state index is 12.8. The van der Waals surface area contributed by atoms with Crippen LogP contribution in [0, 0.1) is 6.92 Å². The molecule has 0 bridgehead atoms. The highest BCUT2D eigenvalue weighted by Crippen LogP contribution is 2.34. The molecule has 1 saturated heterocycles. The summed E-state index contributed by atoms with van der Waals surface area (Å²) in [6.07, 6.45) is -3.58. The Morgan fingerprint density at radius 1 is 1.39 bits per heavy atom. The number of rotatable bonds is 3. The van der Waals surface area contributed by atoms with Crippen LogP contribution in [-0.2, 0) is 17.5 Å². The Morgan fingerprint density at radius 2 is 2.17 bits per heavy atom. The van der Waals surface area contributed by atoms with Crippen LogP contribution in [0.2, 0.25) is 0 Å². The molecule has 5 nitrogen and oxygen atoms in total. The van der Waals surface area contributed by atoms with E-state index in [2.05, 4.69) is 10.1 Å². The normalized spacial score (nSPS) is 18.7. The molecule has 0 N–H and O–H groups in total. The molecule has 1 aromatic carbocycles. The van der Waals surface area contributed by atoms with Crippen LogP contribution in [0.4, 0.5) is 13.2 Å². The Hall–Kier alpha value is -2.38. The van der Waals surface area contributed by atoms with Crippen molar-refractivity contribution < 1.29 is 22.5 Å². The van der Waals surface area contributed by atoms with Gasteiger partial charge in [-0.05, 0) is 31.0 Å². The van der Waals surface area contributed by atoms with E-state index in [-0.39, 0.29) is 12.5 Å². The first-order valence-electron chi connectivity index (χ1n) is 7.10. The molecular weight excluding hydrogens is 311 g/mol. The summed E-state index contributed by atoms with van der Waals surface area (Å²) in [5.74, 6) is 0.641. The Labute approximate surface area is 130 Å². The Morgan fingerprint density at radius 3 is 2.83 bits per heavy atom. The van der Waals surface area contributed by atoms with E-state index in [1.54, 1.807) is 13.0 Å². The van der Waals surface area contributed by atoms with Gasteiger partial charge in [-0.15, -0.1) is 0 Å². The van der Waals surface area contributed by atoms with Crippen LogP contribution in [0.3, 0.4) is 0 Å². The number of hydrogen-bond donors (Lipinski definition) is 0. The Balaban J connectivity index is 1.84. The average molecular weight is 325 g/mol. The third-order valence-corrected chi connectivity index (χ3v) is 3.76. The highest BCUT2D eigenvalue weighted by atomic mass is 19.4. The van der Waals surface area contributed by atoms with E-state index in [1.165, 1.54) is 11.0 Å². The molecule has 1 amide bonds. The van der Waals surface area contributed by atoms with Crippen molar-refractivity contribution in [3.63, 3.8) is 0 Å². The molecule has 2 aromatic rings. The van der Waals surface area contributed by atoms with Crippen molar-refractivity contribution in [2.75, 3.05) is 0 Å². The number of nitrogens with zero attached hydrogens (tertiary/aromatic N) is 3. The van der Waals surface area contributed by atoms with Crippen molar-refractivity contribution in [3.05, 3.63) is 47.1 Å². The molecule has 0 aliphatic carbocycles. The second-order valence-corrected chi connectivity index (χ2v) is 5.45. The van der Waals surface area contributed by atoms with Crippen LogP contribution in [0.1, 0.15) is 41.7 Å². The lowest BCUT2D eigenvalue weighted by Crippen LogP contribution is -2.27. The van der Waals surface area contributed by atoms with Gasteiger partial charge < -0.3 is 9.42 Å². The predicted octanol–water partition coefficient (Wildman–Crippen LogP) is 3.26. The molecule has 1 aromatic heterocycles. The topological polar surface area (TPSA) is 59.2 Å². The number of hydrogen-bond acceptors (Lipinski definition) is 4. The molecule has 2 heterocycles. The van der Waals surface area contributed by atoms with E-state index < -0.39 is 17.8 Å². The quantitative estimate of drug-likeness (QED) is 0.869. The number of aryl methyl sites for hydroxylation is 1. The van der Waals surface area contributed by atoms with Gasteiger partial charge in [0.05, 0.1) is 5.56 Å². The molecule has 1 atom stereocenters. The third-order valence-electron chi connectivity index (χ3n) is 3.76. The molecule has 3 rings (SSSR count). The average Bonchev–Trinajstić information content (AvgIpc) is 3.06. The molecule has 1 unspecified atom stereocenters. The zero-order chi connectivity index (χ0) is 16.6. The highest BCUT2D eigenvalue weighted by Gasteiger charge is 2.36. The van der Waals surface area contributed by atoms with Crippen LogP contribution in [0.15, 0.2) is 28.8 Å². The van der Waals surface area contributed by atoms with Crippen LogP contribution in [-0.4, -0.2) is 20.9 Å². The summed E-state index contributed by atoms with van der Waals surface area (Å²) in [5.41, 5.74) is -0.317. The van der Waals surface area contributed by atoms with Gasteiger partial charge in [0.1, 0.15) is 6.04 Å². The van der Waals surface area contributed by atoms with Crippen molar-refractivity contribution in [2.24, 2.45) is 0 Å². The smallest absolute Gasteiger partial charge is 0.337 e. The molecule has 0 saturated carbocycles. The van der Waals surface area contributed by atoms with E-state index in [0.717, 1.165) is 12.1 Å². The third kappa shape index (κ3) is 3.20. The van der Waals surface area contributed by atoms with Crippen LogP contribution in [0.25, 0.3) is 0 Å². The summed E-state index contributed by atoms with van der Waals surface area (Å²) in [6, 6.07) is 4.58. The summed E-state index contributed by atoms with van der Waals surface area (Å²) in [4.78, 5) is 17.7. The van der Waals surface area contributed by atoms with E-state index in [4.69, 9.17) is 4.52 Å². The summed E-state index contributed by atoms with van der Waals surface area (Å²) < 4.78 is 43.5. The number of carbonyl (C=O) groups excluding carboxylic acids is 1. The van der Waals surface area contributed by atoms with Gasteiger partial charge in [0.25, 0.3) is 0 Å². The molecule has 0 spiro atoms. The van der Waals surface area contributed by atoms with Gasteiger partial charge in [-0.1, -0.05) is 17.3 Å². The molecule has 1 aliphatic heterocycles. The fourth-order valence-corrected chi connectivity index (χ4v) is 2.68. The van der Waals surface area contributed by atoms with Gasteiger partial charge in [0.15, 0.2) is 5.82 Å². The van der Waals surface area contributed by atoms with E-state index in [9.17, 15) is 18.0 Å². The number of aromatic nitrogens is 2. The molecule has 122 valence electrons. The number of alkyl halides is 3. The Bertz CT molecular complexity index is 727. The fourth-order valence-electron chi connectivity index (χ4n) is 2.68. The summed E-state index contributed by atoms with van der Waals surface area (Å²) in [7, 11) is 0. The van der Waals surface area contributed by atoms with Crippen LogP contribution in [0.5, 0.6) is 0 Å². The lowest BCUT2D eigenvalue weighted by molar-refractivity contribution is -0.137. The zero-order valence-corrected chi connectivity index (χ0v) is 12.3. The van der Waals surface area contributed by atoms with Crippen molar-refractivity contribution >= 4 is 5.91 Å². The van der Waals surface area contributed by atoms with Gasteiger partial charge in [-0.25, -0.2) is 0 Å². The maximum Gasteiger partial charge on any atom is 0.416 e. The second kappa shape index (κ2) is 5.68. The molecule has 23 heavy (non-hydrogen) atoms.